The molecule has 3 aromatic rings. The molecule has 1 N–H and O–H groups in total. The lowest BCUT2D eigenvalue weighted by Gasteiger charge is -2.05. The summed E-state index contributed by atoms with van der Waals surface area (Å²) in [6.07, 6.45) is 2.16. The summed E-state index contributed by atoms with van der Waals surface area (Å²) in [4.78, 5) is 4.95. The zero-order chi connectivity index (χ0) is 18.6. The third kappa shape index (κ3) is 4.88. The van der Waals surface area contributed by atoms with Gasteiger partial charge in [0.2, 0.25) is 10.0 Å². The number of aromatic nitrogens is 1. The maximum atomic E-state index is 13.2. The minimum atomic E-state index is -3.69. The van der Waals surface area contributed by atoms with E-state index < -0.39 is 15.8 Å². The van der Waals surface area contributed by atoms with Crippen molar-refractivity contribution in [3.05, 3.63) is 82.1 Å². The van der Waals surface area contributed by atoms with Crippen molar-refractivity contribution in [1.29, 1.82) is 5.26 Å². The molecule has 0 radical (unpaired) electrons. The van der Waals surface area contributed by atoms with E-state index in [1.807, 2.05) is 6.07 Å². The molecule has 1 heterocycles. The molecular weight excluding hydrogens is 373 g/mol. The Morgan fingerprint density at radius 3 is 2.69 bits per heavy atom. The van der Waals surface area contributed by atoms with E-state index in [1.165, 1.54) is 29.5 Å². The summed E-state index contributed by atoms with van der Waals surface area (Å²) in [7, 11) is -3.69. The Kier molecular flexibility index (Phi) is 5.30. The summed E-state index contributed by atoms with van der Waals surface area (Å²) in [6, 6.07) is 14.8. The summed E-state index contributed by atoms with van der Waals surface area (Å²) in [5.74, 6) is -0.807. The number of anilines is 1. The Bertz CT molecular complexity index is 1070. The van der Waals surface area contributed by atoms with Gasteiger partial charge in [0.1, 0.15) is 5.82 Å². The molecule has 0 fully saturated rings. The molecule has 0 atom stereocenters. The van der Waals surface area contributed by atoms with Gasteiger partial charge in [0.25, 0.3) is 0 Å². The molecule has 0 aliphatic heterocycles. The van der Waals surface area contributed by atoms with Gasteiger partial charge in [-0.1, -0.05) is 24.3 Å². The van der Waals surface area contributed by atoms with E-state index in [4.69, 9.17) is 5.26 Å². The molecule has 132 valence electrons. The Balaban J connectivity index is 1.68. The van der Waals surface area contributed by atoms with Gasteiger partial charge in [-0.25, -0.2) is 17.8 Å². The molecule has 5 nitrogen and oxygen atoms in total. The Labute approximate surface area is 154 Å². The number of hydrogen-bond donors (Lipinski definition) is 1. The van der Waals surface area contributed by atoms with Gasteiger partial charge in [-0.2, -0.15) is 5.26 Å². The van der Waals surface area contributed by atoms with Crippen molar-refractivity contribution in [2.75, 3.05) is 4.72 Å². The number of rotatable bonds is 6. The highest BCUT2D eigenvalue weighted by atomic mass is 32.2. The first-order chi connectivity index (χ1) is 12.4. The van der Waals surface area contributed by atoms with Crippen LogP contribution < -0.4 is 4.72 Å². The summed E-state index contributed by atoms with van der Waals surface area (Å²) >= 11 is 1.22. The Morgan fingerprint density at radius 2 is 1.92 bits per heavy atom. The van der Waals surface area contributed by atoms with Crippen molar-refractivity contribution in [2.45, 2.75) is 12.2 Å². The molecule has 8 heteroatoms. The van der Waals surface area contributed by atoms with Gasteiger partial charge in [-0.15, -0.1) is 11.3 Å². The molecule has 0 spiro atoms. The predicted octanol–water partition coefficient (Wildman–Crippen LogP) is 3.69. The molecular formula is C18H14FN3O2S2. The van der Waals surface area contributed by atoms with Gasteiger partial charge in [0.05, 0.1) is 17.4 Å². The van der Waals surface area contributed by atoms with Gasteiger partial charge in [-0.3, -0.25) is 4.72 Å². The standard InChI is InChI=1S/C18H14FN3O2S2/c19-16-6-2-5-15(8-16)12-26(23,24)22-18-21-11-17(25-18)9-13-3-1-4-14(7-13)10-20/h1-8,11H,9,12H2,(H,21,22). The normalized spacial score (nSPS) is 11.1. The average Bonchev–Trinajstić information content (AvgIpc) is 3.00. The third-order valence-corrected chi connectivity index (χ3v) is 5.74. The fourth-order valence-electron chi connectivity index (χ4n) is 2.40. The molecule has 2 aromatic carbocycles. The number of nitrogens with zero attached hydrogens (tertiary/aromatic N) is 2. The minimum Gasteiger partial charge on any atom is -0.258 e. The fourth-order valence-corrected chi connectivity index (χ4v) is 4.66. The number of nitriles is 1. The monoisotopic (exact) mass is 387 g/mol. The second-order valence-corrected chi connectivity index (χ2v) is 8.45. The maximum absolute atomic E-state index is 13.2. The molecule has 0 unspecified atom stereocenters. The molecule has 0 saturated carbocycles. The van der Waals surface area contributed by atoms with Crippen molar-refractivity contribution < 1.29 is 12.8 Å². The second-order valence-electron chi connectivity index (χ2n) is 5.61. The molecule has 3 rings (SSSR count). The van der Waals surface area contributed by atoms with Crippen LogP contribution in [-0.4, -0.2) is 13.4 Å². The fraction of sp³-hybridized carbons (Fsp3) is 0.111. The number of nitrogens with one attached hydrogen (secondary N) is 1. The first-order valence-electron chi connectivity index (χ1n) is 7.62. The van der Waals surface area contributed by atoms with Crippen LogP contribution >= 0.6 is 11.3 Å². The topological polar surface area (TPSA) is 82.8 Å². The van der Waals surface area contributed by atoms with E-state index in [-0.39, 0.29) is 10.9 Å². The molecule has 26 heavy (non-hydrogen) atoms. The lowest BCUT2D eigenvalue weighted by atomic mass is 10.1. The first-order valence-corrected chi connectivity index (χ1v) is 10.1. The number of halogens is 1. The van der Waals surface area contributed by atoms with Crippen molar-refractivity contribution in [3.8, 4) is 6.07 Å². The number of benzene rings is 2. The SMILES string of the molecule is N#Cc1cccc(Cc2cnc(NS(=O)(=O)Cc3cccc(F)c3)s2)c1. The van der Waals surface area contributed by atoms with E-state index in [2.05, 4.69) is 15.8 Å². The highest BCUT2D eigenvalue weighted by molar-refractivity contribution is 7.92. The lowest BCUT2D eigenvalue weighted by Crippen LogP contribution is -2.14. The maximum Gasteiger partial charge on any atom is 0.238 e. The Hall–Kier alpha value is -2.76. The van der Waals surface area contributed by atoms with Crippen LogP contribution in [0.4, 0.5) is 9.52 Å². The van der Waals surface area contributed by atoms with Crippen molar-refractivity contribution >= 4 is 26.5 Å². The predicted molar refractivity (Wildman–Crippen MR) is 98.7 cm³/mol. The highest BCUT2D eigenvalue weighted by Gasteiger charge is 2.15. The average molecular weight is 387 g/mol. The second kappa shape index (κ2) is 7.64. The summed E-state index contributed by atoms with van der Waals surface area (Å²) in [6.45, 7) is 0. The van der Waals surface area contributed by atoms with E-state index in [1.54, 1.807) is 30.5 Å². The van der Waals surface area contributed by atoms with E-state index in [9.17, 15) is 12.8 Å². The van der Waals surface area contributed by atoms with Gasteiger partial charge < -0.3 is 0 Å². The van der Waals surface area contributed by atoms with Crippen LogP contribution in [0.1, 0.15) is 21.6 Å². The van der Waals surface area contributed by atoms with Crippen LogP contribution in [-0.2, 0) is 22.2 Å². The molecule has 0 aliphatic carbocycles. The summed E-state index contributed by atoms with van der Waals surface area (Å²) < 4.78 is 40.1. The zero-order valence-electron chi connectivity index (χ0n) is 13.5. The number of hydrogen-bond acceptors (Lipinski definition) is 5. The van der Waals surface area contributed by atoms with Crippen LogP contribution in [0, 0.1) is 17.1 Å². The Morgan fingerprint density at radius 1 is 1.15 bits per heavy atom. The van der Waals surface area contributed by atoms with Gasteiger partial charge >= 0.3 is 0 Å². The molecule has 0 saturated heterocycles. The van der Waals surface area contributed by atoms with Crippen molar-refractivity contribution in [3.63, 3.8) is 0 Å². The van der Waals surface area contributed by atoms with E-state index in [0.717, 1.165) is 10.4 Å². The van der Waals surface area contributed by atoms with E-state index >= 15 is 0 Å². The van der Waals surface area contributed by atoms with Crippen LogP contribution in [0.15, 0.2) is 54.7 Å². The van der Waals surface area contributed by atoms with Crippen LogP contribution in [0.5, 0.6) is 0 Å². The largest absolute Gasteiger partial charge is 0.258 e. The quantitative estimate of drug-likeness (QED) is 0.699. The molecule has 0 aliphatic rings. The summed E-state index contributed by atoms with van der Waals surface area (Å²) in [5.41, 5.74) is 1.88. The zero-order valence-corrected chi connectivity index (χ0v) is 15.1. The molecule has 1 aromatic heterocycles. The van der Waals surface area contributed by atoms with Crippen LogP contribution in [0.3, 0.4) is 0 Å². The van der Waals surface area contributed by atoms with Crippen LogP contribution in [0.25, 0.3) is 0 Å². The molecule has 0 bridgehead atoms. The third-order valence-electron chi connectivity index (χ3n) is 3.48. The number of sulfonamides is 1. The lowest BCUT2D eigenvalue weighted by molar-refractivity contribution is 0.599. The van der Waals surface area contributed by atoms with Gasteiger partial charge in [0, 0.05) is 17.5 Å². The highest BCUT2D eigenvalue weighted by Crippen LogP contribution is 2.23. The smallest absolute Gasteiger partial charge is 0.238 e. The van der Waals surface area contributed by atoms with E-state index in [0.29, 0.717) is 17.5 Å². The van der Waals surface area contributed by atoms with Crippen LogP contribution in [0.2, 0.25) is 0 Å². The minimum absolute atomic E-state index is 0.257. The van der Waals surface area contributed by atoms with Gasteiger partial charge in [-0.05, 0) is 35.4 Å². The first kappa shape index (κ1) is 18.0. The number of thiazole rings is 1. The van der Waals surface area contributed by atoms with Gasteiger partial charge in [0.15, 0.2) is 5.13 Å². The summed E-state index contributed by atoms with van der Waals surface area (Å²) in [5, 5.41) is 9.20. The molecule has 0 amide bonds. The van der Waals surface area contributed by atoms with Crippen molar-refractivity contribution in [1.82, 2.24) is 4.98 Å². The van der Waals surface area contributed by atoms with Crippen molar-refractivity contribution in [2.24, 2.45) is 0 Å².